The van der Waals surface area contributed by atoms with Crippen LogP contribution in [0, 0.1) is 0 Å². The van der Waals surface area contributed by atoms with E-state index in [2.05, 4.69) is 26.2 Å². The Kier molecular flexibility index (Phi) is 5.60. The summed E-state index contributed by atoms with van der Waals surface area (Å²) in [6.45, 7) is 1.29. The average Bonchev–Trinajstić information content (AvgIpc) is 2.22. The van der Waals surface area contributed by atoms with Crippen LogP contribution in [-0.4, -0.2) is 31.3 Å². The van der Waals surface area contributed by atoms with Crippen LogP contribution in [0.4, 0.5) is 5.69 Å². The molecule has 0 amide bonds. The molecule has 0 radical (unpaired) electrons. The molecule has 0 spiro atoms. The third-order valence-electron chi connectivity index (χ3n) is 2.02. The van der Waals surface area contributed by atoms with E-state index in [1.807, 2.05) is 6.07 Å². The van der Waals surface area contributed by atoms with E-state index in [0.717, 1.165) is 16.6 Å². The van der Waals surface area contributed by atoms with Crippen molar-refractivity contribution < 1.29 is 4.74 Å². The second-order valence-corrected chi connectivity index (χ2v) is 4.08. The third-order valence-corrected chi connectivity index (χ3v) is 2.65. The van der Waals surface area contributed by atoms with Crippen molar-refractivity contribution in [3.8, 4) is 0 Å². The second kappa shape index (κ2) is 6.76. The standard InChI is InChI=1S/C10H16BrN3O/c1-15-7-8(2-4-12)14-10-3-5-13-6-9(10)11/h3,5-6,8H,2,4,7,12H2,1H3,(H,13,14). The van der Waals surface area contributed by atoms with Crippen molar-refractivity contribution >= 4 is 21.6 Å². The zero-order chi connectivity index (χ0) is 11.1. The Labute approximate surface area is 98.3 Å². The summed E-state index contributed by atoms with van der Waals surface area (Å²) < 4.78 is 6.07. The minimum atomic E-state index is 0.235. The molecule has 1 aromatic heterocycles. The normalized spacial score (nSPS) is 12.5. The molecule has 1 atom stereocenters. The van der Waals surface area contributed by atoms with Crippen molar-refractivity contribution in [3.63, 3.8) is 0 Å². The van der Waals surface area contributed by atoms with E-state index >= 15 is 0 Å². The Bertz CT molecular complexity index is 290. The van der Waals surface area contributed by atoms with Gasteiger partial charge in [-0.1, -0.05) is 0 Å². The summed E-state index contributed by atoms with van der Waals surface area (Å²) in [4.78, 5) is 4.00. The molecule has 84 valence electrons. The highest BCUT2D eigenvalue weighted by atomic mass is 79.9. The van der Waals surface area contributed by atoms with Gasteiger partial charge in [-0.3, -0.25) is 4.98 Å². The first-order chi connectivity index (χ1) is 7.27. The second-order valence-electron chi connectivity index (χ2n) is 3.23. The molecule has 1 aromatic rings. The van der Waals surface area contributed by atoms with Crippen molar-refractivity contribution in [2.24, 2.45) is 5.73 Å². The van der Waals surface area contributed by atoms with Crippen LogP contribution in [0.2, 0.25) is 0 Å². The Morgan fingerprint density at radius 2 is 2.47 bits per heavy atom. The lowest BCUT2D eigenvalue weighted by Crippen LogP contribution is -2.27. The molecule has 0 saturated heterocycles. The number of methoxy groups -OCH3 is 1. The summed E-state index contributed by atoms with van der Waals surface area (Å²) in [6, 6.07) is 2.15. The molecule has 0 aromatic carbocycles. The molecule has 0 fully saturated rings. The molecule has 1 unspecified atom stereocenters. The van der Waals surface area contributed by atoms with E-state index in [0.29, 0.717) is 13.2 Å². The van der Waals surface area contributed by atoms with Gasteiger partial charge in [0.25, 0.3) is 0 Å². The van der Waals surface area contributed by atoms with Crippen LogP contribution in [0.25, 0.3) is 0 Å². The zero-order valence-electron chi connectivity index (χ0n) is 8.74. The molecule has 0 saturated carbocycles. The highest BCUT2D eigenvalue weighted by Gasteiger charge is 2.08. The topological polar surface area (TPSA) is 60.2 Å². The van der Waals surface area contributed by atoms with Crippen molar-refractivity contribution in [1.29, 1.82) is 0 Å². The first-order valence-corrected chi connectivity index (χ1v) is 5.62. The van der Waals surface area contributed by atoms with Gasteiger partial charge in [-0.25, -0.2) is 0 Å². The van der Waals surface area contributed by atoms with E-state index in [-0.39, 0.29) is 6.04 Å². The van der Waals surface area contributed by atoms with Gasteiger partial charge in [0, 0.05) is 19.5 Å². The summed E-state index contributed by atoms with van der Waals surface area (Å²) in [5.41, 5.74) is 6.55. The van der Waals surface area contributed by atoms with Crippen molar-refractivity contribution in [3.05, 3.63) is 22.9 Å². The van der Waals surface area contributed by atoms with Gasteiger partial charge < -0.3 is 15.8 Å². The number of hydrogen-bond acceptors (Lipinski definition) is 4. The zero-order valence-corrected chi connectivity index (χ0v) is 10.3. The maximum Gasteiger partial charge on any atom is 0.0664 e. The number of nitrogens with zero attached hydrogens (tertiary/aromatic N) is 1. The summed E-state index contributed by atoms with van der Waals surface area (Å²) in [5, 5.41) is 3.36. The number of aromatic nitrogens is 1. The minimum absolute atomic E-state index is 0.235. The largest absolute Gasteiger partial charge is 0.383 e. The maximum atomic E-state index is 5.53. The fraction of sp³-hybridized carbons (Fsp3) is 0.500. The van der Waals surface area contributed by atoms with E-state index in [1.165, 1.54) is 0 Å². The summed E-state index contributed by atoms with van der Waals surface area (Å²) in [5.74, 6) is 0. The van der Waals surface area contributed by atoms with E-state index < -0.39 is 0 Å². The highest BCUT2D eigenvalue weighted by molar-refractivity contribution is 9.10. The van der Waals surface area contributed by atoms with Crippen LogP contribution >= 0.6 is 15.9 Å². The van der Waals surface area contributed by atoms with Crippen LogP contribution in [-0.2, 0) is 4.74 Å². The smallest absolute Gasteiger partial charge is 0.0664 e. The molecule has 3 N–H and O–H groups in total. The van der Waals surface area contributed by atoms with Gasteiger partial charge in [-0.15, -0.1) is 0 Å². The summed E-state index contributed by atoms with van der Waals surface area (Å²) in [7, 11) is 1.69. The fourth-order valence-electron chi connectivity index (χ4n) is 1.31. The summed E-state index contributed by atoms with van der Waals surface area (Å²) in [6.07, 6.45) is 4.39. The van der Waals surface area contributed by atoms with Gasteiger partial charge in [-0.2, -0.15) is 0 Å². The van der Waals surface area contributed by atoms with Crippen LogP contribution < -0.4 is 11.1 Å². The lowest BCUT2D eigenvalue weighted by atomic mass is 10.2. The first-order valence-electron chi connectivity index (χ1n) is 4.83. The predicted molar refractivity (Wildman–Crippen MR) is 64.9 cm³/mol. The molecule has 15 heavy (non-hydrogen) atoms. The quantitative estimate of drug-likeness (QED) is 0.827. The van der Waals surface area contributed by atoms with Gasteiger partial charge in [0.1, 0.15) is 0 Å². The third kappa shape index (κ3) is 4.15. The molecular weight excluding hydrogens is 258 g/mol. The molecule has 4 nitrogen and oxygen atoms in total. The Morgan fingerprint density at radius 1 is 1.67 bits per heavy atom. The predicted octanol–water partition coefficient (Wildman–Crippen LogP) is 1.62. The number of anilines is 1. The van der Waals surface area contributed by atoms with E-state index in [1.54, 1.807) is 19.5 Å². The molecule has 1 heterocycles. The average molecular weight is 274 g/mol. The number of ether oxygens (including phenoxy) is 1. The molecule has 0 aliphatic carbocycles. The molecule has 0 bridgehead atoms. The van der Waals surface area contributed by atoms with Crippen LogP contribution in [0.5, 0.6) is 0 Å². The lowest BCUT2D eigenvalue weighted by Gasteiger charge is -2.18. The van der Waals surface area contributed by atoms with Gasteiger partial charge in [0.05, 0.1) is 22.8 Å². The van der Waals surface area contributed by atoms with Crippen LogP contribution in [0.15, 0.2) is 22.9 Å². The monoisotopic (exact) mass is 273 g/mol. The number of nitrogens with two attached hydrogens (primary N) is 1. The molecule has 0 aliphatic rings. The maximum absolute atomic E-state index is 5.53. The van der Waals surface area contributed by atoms with Gasteiger partial charge in [0.2, 0.25) is 0 Å². The summed E-state index contributed by atoms with van der Waals surface area (Å²) >= 11 is 3.43. The van der Waals surface area contributed by atoms with Crippen LogP contribution in [0.3, 0.4) is 0 Å². The SMILES string of the molecule is COCC(CCN)Nc1ccncc1Br. The molecule has 5 heteroatoms. The van der Waals surface area contributed by atoms with Crippen molar-refractivity contribution in [2.45, 2.75) is 12.5 Å². The number of halogens is 1. The number of pyridine rings is 1. The Morgan fingerprint density at radius 3 is 3.07 bits per heavy atom. The fourth-order valence-corrected chi connectivity index (χ4v) is 1.68. The number of rotatable bonds is 6. The van der Waals surface area contributed by atoms with Crippen molar-refractivity contribution in [2.75, 3.05) is 25.6 Å². The molecular formula is C10H16BrN3O. The van der Waals surface area contributed by atoms with Gasteiger partial charge in [-0.05, 0) is 35.0 Å². The van der Waals surface area contributed by atoms with Gasteiger partial charge >= 0.3 is 0 Å². The number of nitrogens with one attached hydrogen (secondary N) is 1. The molecule has 1 rings (SSSR count). The Balaban J connectivity index is 2.60. The first kappa shape index (κ1) is 12.4. The van der Waals surface area contributed by atoms with Gasteiger partial charge in [0.15, 0.2) is 0 Å². The molecule has 0 aliphatic heterocycles. The lowest BCUT2D eigenvalue weighted by molar-refractivity contribution is 0.183. The Hall–Kier alpha value is -0.650. The highest BCUT2D eigenvalue weighted by Crippen LogP contribution is 2.21. The van der Waals surface area contributed by atoms with Crippen LogP contribution in [0.1, 0.15) is 6.42 Å². The van der Waals surface area contributed by atoms with Crippen molar-refractivity contribution in [1.82, 2.24) is 4.98 Å². The van der Waals surface area contributed by atoms with E-state index in [9.17, 15) is 0 Å². The van der Waals surface area contributed by atoms with E-state index in [4.69, 9.17) is 10.5 Å². The number of hydrogen-bond donors (Lipinski definition) is 2. The minimum Gasteiger partial charge on any atom is -0.383 e.